The van der Waals surface area contributed by atoms with Gasteiger partial charge in [-0.15, -0.1) is 0 Å². The molecule has 0 unspecified atom stereocenters. The van der Waals surface area contributed by atoms with Crippen molar-refractivity contribution in [2.24, 2.45) is 5.92 Å². The molecule has 0 aromatic carbocycles. The summed E-state index contributed by atoms with van der Waals surface area (Å²) in [7, 11) is 0. The maximum Gasteiger partial charge on any atom is 0.272 e. The number of carbonyl (C=O) groups is 2. The van der Waals surface area contributed by atoms with Gasteiger partial charge >= 0.3 is 0 Å². The van der Waals surface area contributed by atoms with Crippen LogP contribution < -0.4 is 0 Å². The van der Waals surface area contributed by atoms with E-state index in [1.54, 1.807) is 24.8 Å². The van der Waals surface area contributed by atoms with Gasteiger partial charge in [-0.2, -0.15) is 0 Å². The van der Waals surface area contributed by atoms with Crippen molar-refractivity contribution >= 4 is 11.8 Å². The maximum atomic E-state index is 12.6. The minimum atomic E-state index is -0.0493. The third-order valence-electron chi connectivity index (χ3n) is 5.41. The van der Waals surface area contributed by atoms with Crippen LogP contribution in [0.5, 0.6) is 0 Å². The quantitative estimate of drug-likeness (QED) is 0.880. The zero-order valence-electron chi connectivity index (χ0n) is 14.5. The van der Waals surface area contributed by atoms with Gasteiger partial charge in [0.25, 0.3) is 5.91 Å². The standard InChI is InChI=1S/C18H22N6O2/c25-17-2-1-13-10-23(18(26)15-3-6-19-11-22-15)7-5-16(13)24(17)8-4-14-9-20-12-21-14/h3,6,9,11-13,16H,1-2,4-5,7-8,10H2,(H,20,21)/t13-,16+/m0/s1. The van der Waals surface area contributed by atoms with E-state index in [1.165, 1.54) is 6.33 Å². The Morgan fingerprint density at radius 1 is 1.31 bits per heavy atom. The third-order valence-corrected chi connectivity index (χ3v) is 5.41. The Labute approximate surface area is 151 Å². The van der Waals surface area contributed by atoms with Crippen molar-refractivity contribution in [1.82, 2.24) is 29.7 Å². The molecular formula is C18H22N6O2. The van der Waals surface area contributed by atoms with Crippen molar-refractivity contribution in [2.75, 3.05) is 19.6 Å². The molecule has 0 saturated carbocycles. The summed E-state index contributed by atoms with van der Waals surface area (Å²) in [6.07, 6.45) is 9.44. The normalized spacial score (nSPS) is 23.0. The average Bonchev–Trinajstić information content (AvgIpc) is 3.20. The van der Waals surface area contributed by atoms with Gasteiger partial charge in [-0.05, 0) is 24.8 Å². The molecule has 2 aromatic rings. The molecular weight excluding hydrogens is 332 g/mol. The van der Waals surface area contributed by atoms with Gasteiger partial charge in [0.15, 0.2) is 0 Å². The Morgan fingerprint density at radius 3 is 3.00 bits per heavy atom. The molecule has 2 atom stereocenters. The highest BCUT2D eigenvalue weighted by Crippen LogP contribution is 2.31. The number of hydrogen-bond donors (Lipinski definition) is 1. The Kier molecular flexibility index (Phi) is 4.64. The molecule has 26 heavy (non-hydrogen) atoms. The van der Waals surface area contributed by atoms with E-state index in [-0.39, 0.29) is 17.9 Å². The molecule has 136 valence electrons. The lowest BCUT2D eigenvalue weighted by Crippen LogP contribution is -2.57. The summed E-state index contributed by atoms with van der Waals surface area (Å²) in [4.78, 5) is 44.0. The first-order chi connectivity index (χ1) is 12.7. The number of rotatable bonds is 4. The fraction of sp³-hybridized carbons (Fsp3) is 0.500. The summed E-state index contributed by atoms with van der Waals surface area (Å²) >= 11 is 0. The van der Waals surface area contributed by atoms with E-state index in [4.69, 9.17) is 0 Å². The monoisotopic (exact) mass is 354 g/mol. The van der Waals surface area contributed by atoms with Crippen molar-refractivity contribution in [2.45, 2.75) is 31.7 Å². The van der Waals surface area contributed by atoms with Gasteiger partial charge in [0.1, 0.15) is 12.0 Å². The molecule has 2 aliphatic heterocycles. The zero-order chi connectivity index (χ0) is 17.9. The molecule has 2 aromatic heterocycles. The number of nitrogens with one attached hydrogen (secondary N) is 1. The van der Waals surface area contributed by atoms with Crippen LogP contribution in [0.25, 0.3) is 0 Å². The average molecular weight is 354 g/mol. The molecule has 8 heteroatoms. The molecule has 0 aliphatic carbocycles. The summed E-state index contributed by atoms with van der Waals surface area (Å²) in [6.45, 7) is 2.03. The number of aromatic nitrogens is 4. The van der Waals surface area contributed by atoms with Crippen LogP contribution in [0.1, 0.15) is 35.4 Å². The van der Waals surface area contributed by atoms with Gasteiger partial charge in [0.2, 0.25) is 5.91 Å². The van der Waals surface area contributed by atoms with Gasteiger partial charge in [0.05, 0.1) is 6.33 Å². The number of aromatic amines is 1. The first kappa shape index (κ1) is 16.7. The first-order valence-electron chi connectivity index (χ1n) is 9.04. The van der Waals surface area contributed by atoms with Crippen molar-refractivity contribution in [3.63, 3.8) is 0 Å². The second-order valence-electron chi connectivity index (χ2n) is 6.91. The first-order valence-corrected chi connectivity index (χ1v) is 9.04. The number of hydrogen-bond acceptors (Lipinski definition) is 5. The summed E-state index contributed by atoms with van der Waals surface area (Å²) in [5, 5.41) is 0. The summed E-state index contributed by atoms with van der Waals surface area (Å²) in [5.41, 5.74) is 1.47. The number of fused-ring (bicyclic) bond motifs is 1. The number of imidazole rings is 1. The van der Waals surface area contributed by atoms with Crippen LogP contribution in [0.3, 0.4) is 0 Å². The lowest BCUT2D eigenvalue weighted by molar-refractivity contribution is -0.140. The number of carbonyl (C=O) groups excluding carboxylic acids is 2. The predicted octanol–water partition coefficient (Wildman–Crippen LogP) is 0.895. The van der Waals surface area contributed by atoms with E-state index >= 15 is 0 Å². The van der Waals surface area contributed by atoms with Gasteiger partial charge < -0.3 is 14.8 Å². The number of piperidine rings is 2. The fourth-order valence-electron chi connectivity index (χ4n) is 4.07. The summed E-state index contributed by atoms with van der Waals surface area (Å²) in [5.74, 6) is 0.502. The summed E-state index contributed by atoms with van der Waals surface area (Å²) in [6, 6.07) is 1.86. The van der Waals surface area contributed by atoms with Gasteiger partial charge in [-0.25, -0.2) is 15.0 Å². The third kappa shape index (κ3) is 3.31. The Balaban J connectivity index is 1.41. The smallest absolute Gasteiger partial charge is 0.272 e. The lowest BCUT2D eigenvalue weighted by Gasteiger charge is -2.47. The molecule has 2 fully saturated rings. The Bertz CT molecular complexity index is 763. The number of likely N-dealkylation sites (tertiary alicyclic amines) is 2. The van der Waals surface area contributed by atoms with Crippen LogP contribution >= 0.6 is 0 Å². The largest absolute Gasteiger partial charge is 0.348 e. The van der Waals surface area contributed by atoms with Crippen molar-refractivity contribution in [1.29, 1.82) is 0 Å². The van der Waals surface area contributed by atoms with Crippen molar-refractivity contribution in [3.8, 4) is 0 Å². The van der Waals surface area contributed by atoms with Gasteiger partial charge in [0, 0.05) is 56.6 Å². The van der Waals surface area contributed by atoms with E-state index in [1.807, 2.05) is 9.80 Å². The van der Waals surface area contributed by atoms with Crippen LogP contribution in [0.15, 0.2) is 31.1 Å². The number of amides is 2. The SMILES string of the molecule is O=C(c1ccncn1)N1CC[C@@H]2[C@@H](CCC(=O)N2CCc2cnc[nH]2)C1. The molecule has 2 amide bonds. The van der Waals surface area contributed by atoms with E-state index in [0.717, 1.165) is 25.0 Å². The molecule has 0 radical (unpaired) electrons. The number of H-pyrrole nitrogens is 1. The van der Waals surface area contributed by atoms with Gasteiger partial charge in [-0.3, -0.25) is 9.59 Å². The highest BCUT2D eigenvalue weighted by Gasteiger charge is 2.40. The molecule has 4 heterocycles. The minimum Gasteiger partial charge on any atom is -0.348 e. The molecule has 0 bridgehead atoms. The second-order valence-corrected chi connectivity index (χ2v) is 6.91. The fourth-order valence-corrected chi connectivity index (χ4v) is 4.07. The van der Waals surface area contributed by atoms with E-state index in [0.29, 0.717) is 37.7 Å². The van der Waals surface area contributed by atoms with Gasteiger partial charge in [-0.1, -0.05) is 0 Å². The van der Waals surface area contributed by atoms with Crippen molar-refractivity contribution < 1.29 is 9.59 Å². The summed E-state index contributed by atoms with van der Waals surface area (Å²) < 4.78 is 0. The van der Waals surface area contributed by atoms with Crippen LogP contribution in [-0.4, -0.2) is 67.2 Å². The topological polar surface area (TPSA) is 95.1 Å². The number of nitrogens with zero attached hydrogens (tertiary/aromatic N) is 5. The molecule has 2 aliphatic rings. The maximum absolute atomic E-state index is 12.6. The van der Waals surface area contributed by atoms with E-state index in [9.17, 15) is 9.59 Å². The Morgan fingerprint density at radius 2 is 2.23 bits per heavy atom. The highest BCUT2D eigenvalue weighted by atomic mass is 16.2. The highest BCUT2D eigenvalue weighted by molar-refractivity contribution is 5.92. The van der Waals surface area contributed by atoms with Crippen molar-refractivity contribution in [3.05, 3.63) is 42.5 Å². The zero-order valence-corrected chi connectivity index (χ0v) is 14.5. The van der Waals surface area contributed by atoms with Crippen LogP contribution in [0.4, 0.5) is 0 Å². The lowest BCUT2D eigenvalue weighted by atomic mass is 9.83. The molecule has 1 N–H and O–H groups in total. The minimum absolute atomic E-state index is 0.0493. The molecule has 8 nitrogen and oxygen atoms in total. The van der Waals surface area contributed by atoms with E-state index < -0.39 is 0 Å². The van der Waals surface area contributed by atoms with E-state index in [2.05, 4.69) is 19.9 Å². The molecule has 0 spiro atoms. The molecule has 4 rings (SSSR count). The molecule has 2 saturated heterocycles. The van der Waals surface area contributed by atoms with Crippen LogP contribution in [-0.2, 0) is 11.2 Å². The predicted molar refractivity (Wildman–Crippen MR) is 93.1 cm³/mol. The van der Waals surface area contributed by atoms with Crippen LogP contribution in [0, 0.1) is 5.92 Å². The second kappa shape index (κ2) is 7.23. The van der Waals surface area contributed by atoms with Crippen LogP contribution in [0.2, 0.25) is 0 Å². The Hall–Kier alpha value is -2.77.